The summed E-state index contributed by atoms with van der Waals surface area (Å²) in [6.07, 6.45) is 2.74. The molecule has 5 unspecified atom stereocenters. The molecule has 0 spiro atoms. The lowest BCUT2D eigenvalue weighted by atomic mass is 9.80. The van der Waals surface area contributed by atoms with Crippen LogP contribution in [0.1, 0.15) is 12.8 Å². The van der Waals surface area contributed by atoms with Gasteiger partial charge in [-0.15, -0.1) is 0 Å². The van der Waals surface area contributed by atoms with E-state index in [2.05, 4.69) is 0 Å². The number of ether oxygens (including phenoxy) is 2. The Morgan fingerprint density at radius 1 is 1.38 bits per heavy atom. The Morgan fingerprint density at radius 2 is 2.23 bits per heavy atom. The van der Waals surface area contributed by atoms with Crippen LogP contribution in [0, 0.1) is 23.7 Å². The van der Waals surface area contributed by atoms with Gasteiger partial charge in [-0.3, -0.25) is 4.79 Å². The molecule has 3 heteroatoms. The van der Waals surface area contributed by atoms with Gasteiger partial charge in [0.25, 0.3) is 0 Å². The summed E-state index contributed by atoms with van der Waals surface area (Å²) in [5.41, 5.74) is 0. The number of hydrogen-bond acceptors (Lipinski definition) is 3. The maximum absolute atomic E-state index is 11.5. The van der Waals surface area contributed by atoms with Crippen LogP contribution in [0.3, 0.4) is 0 Å². The number of rotatable bonds is 1. The SMILES string of the molecule is COC(=O)C1C2CC3OCC1C3C2. The first kappa shape index (κ1) is 7.80. The van der Waals surface area contributed by atoms with Gasteiger partial charge in [0.05, 0.1) is 25.7 Å². The summed E-state index contributed by atoms with van der Waals surface area (Å²) in [7, 11) is 1.49. The zero-order chi connectivity index (χ0) is 9.00. The lowest BCUT2D eigenvalue weighted by Crippen LogP contribution is -2.31. The van der Waals surface area contributed by atoms with Crippen molar-refractivity contribution in [1.82, 2.24) is 0 Å². The van der Waals surface area contributed by atoms with Crippen LogP contribution in [0.2, 0.25) is 0 Å². The summed E-state index contributed by atoms with van der Waals surface area (Å²) in [5, 5.41) is 0. The summed E-state index contributed by atoms with van der Waals surface area (Å²) in [6, 6.07) is 0. The van der Waals surface area contributed by atoms with Gasteiger partial charge in [0, 0.05) is 5.92 Å². The summed E-state index contributed by atoms with van der Waals surface area (Å²) >= 11 is 0. The first-order valence-corrected chi connectivity index (χ1v) is 5.00. The molecular formula is C10H14O3. The predicted molar refractivity (Wildman–Crippen MR) is 45.0 cm³/mol. The standard InChI is InChI=1S/C10H14O3/c1-12-10(11)9-5-2-6-7(9)4-13-8(6)3-5/h5-9H,2-4H2,1H3. The van der Waals surface area contributed by atoms with Crippen LogP contribution >= 0.6 is 0 Å². The molecule has 2 bridgehead atoms. The topological polar surface area (TPSA) is 35.5 Å². The van der Waals surface area contributed by atoms with Gasteiger partial charge in [0.2, 0.25) is 0 Å². The molecule has 3 fully saturated rings. The fourth-order valence-corrected chi connectivity index (χ4v) is 3.59. The number of methoxy groups -OCH3 is 1. The van der Waals surface area contributed by atoms with Gasteiger partial charge in [-0.2, -0.15) is 0 Å². The van der Waals surface area contributed by atoms with Gasteiger partial charge in [-0.1, -0.05) is 0 Å². The minimum absolute atomic E-state index is 0.0125. The average molecular weight is 182 g/mol. The van der Waals surface area contributed by atoms with E-state index in [0.717, 1.165) is 13.0 Å². The highest BCUT2D eigenvalue weighted by molar-refractivity contribution is 5.74. The summed E-state index contributed by atoms with van der Waals surface area (Å²) in [5.74, 6) is 1.82. The third-order valence-corrected chi connectivity index (χ3v) is 4.08. The second-order valence-electron chi connectivity index (χ2n) is 4.48. The molecule has 2 aliphatic carbocycles. The van der Waals surface area contributed by atoms with Crippen molar-refractivity contribution < 1.29 is 14.3 Å². The van der Waals surface area contributed by atoms with Crippen molar-refractivity contribution >= 4 is 5.97 Å². The van der Waals surface area contributed by atoms with Crippen LogP contribution in [-0.2, 0) is 14.3 Å². The molecule has 0 amide bonds. The summed E-state index contributed by atoms with van der Waals surface area (Å²) in [6.45, 7) is 0.783. The molecular weight excluding hydrogens is 168 g/mol. The van der Waals surface area contributed by atoms with Crippen LogP contribution in [-0.4, -0.2) is 25.8 Å². The maximum Gasteiger partial charge on any atom is 0.309 e. The van der Waals surface area contributed by atoms with Crippen LogP contribution in [0.15, 0.2) is 0 Å². The zero-order valence-electron chi connectivity index (χ0n) is 7.73. The first-order valence-electron chi connectivity index (χ1n) is 5.00. The van der Waals surface area contributed by atoms with Gasteiger partial charge in [0.15, 0.2) is 0 Å². The monoisotopic (exact) mass is 182 g/mol. The lowest BCUT2D eigenvalue weighted by molar-refractivity contribution is -0.148. The smallest absolute Gasteiger partial charge is 0.309 e. The van der Waals surface area contributed by atoms with Crippen LogP contribution < -0.4 is 0 Å². The second-order valence-corrected chi connectivity index (χ2v) is 4.48. The molecule has 1 heterocycles. The van der Waals surface area contributed by atoms with E-state index in [-0.39, 0.29) is 11.9 Å². The number of esters is 1. The van der Waals surface area contributed by atoms with Crippen molar-refractivity contribution in [2.75, 3.05) is 13.7 Å². The largest absolute Gasteiger partial charge is 0.469 e. The van der Waals surface area contributed by atoms with Gasteiger partial charge in [-0.05, 0) is 24.7 Å². The molecule has 3 rings (SSSR count). The van der Waals surface area contributed by atoms with E-state index in [1.165, 1.54) is 13.5 Å². The molecule has 1 aliphatic heterocycles. The van der Waals surface area contributed by atoms with Crippen LogP contribution in [0.4, 0.5) is 0 Å². The third kappa shape index (κ3) is 0.857. The highest BCUT2D eigenvalue weighted by Crippen LogP contribution is 2.57. The van der Waals surface area contributed by atoms with E-state index in [0.29, 0.717) is 23.9 Å². The molecule has 0 aromatic heterocycles. The minimum atomic E-state index is -0.0125. The Hall–Kier alpha value is -0.570. The van der Waals surface area contributed by atoms with E-state index in [4.69, 9.17) is 9.47 Å². The Labute approximate surface area is 77.4 Å². The van der Waals surface area contributed by atoms with Crippen LogP contribution in [0.25, 0.3) is 0 Å². The van der Waals surface area contributed by atoms with Crippen LogP contribution in [0.5, 0.6) is 0 Å². The van der Waals surface area contributed by atoms with Gasteiger partial charge in [-0.25, -0.2) is 0 Å². The first-order chi connectivity index (χ1) is 6.31. The summed E-state index contributed by atoms with van der Waals surface area (Å²) < 4.78 is 10.5. The van der Waals surface area contributed by atoms with Crippen molar-refractivity contribution in [3.8, 4) is 0 Å². The molecule has 0 aromatic carbocycles. The van der Waals surface area contributed by atoms with Crippen molar-refractivity contribution in [3.05, 3.63) is 0 Å². The van der Waals surface area contributed by atoms with E-state index in [1.54, 1.807) is 0 Å². The van der Waals surface area contributed by atoms with E-state index < -0.39 is 0 Å². The number of carbonyl (C=O) groups is 1. The highest BCUT2D eigenvalue weighted by atomic mass is 16.5. The molecule has 0 radical (unpaired) electrons. The summed E-state index contributed by atoms with van der Waals surface area (Å²) in [4.78, 5) is 11.5. The molecule has 0 aromatic rings. The zero-order valence-corrected chi connectivity index (χ0v) is 7.73. The normalized spacial score (nSPS) is 51.3. The molecule has 13 heavy (non-hydrogen) atoms. The molecule has 72 valence electrons. The fraction of sp³-hybridized carbons (Fsp3) is 0.900. The Bertz CT molecular complexity index is 249. The van der Waals surface area contributed by atoms with E-state index in [9.17, 15) is 4.79 Å². The van der Waals surface area contributed by atoms with Crippen molar-refractivity contribution in [1.29, 1.82) is 0 Å². The molecule has 3 nitrogen and oxygen atoms in total. The minimum Gasteiger partial charge on any atom is -0.469 e. The van der Waals surface area contributed by atoms with Crippen molar-refractivity contribution in [3.63, 3.8) is 0 Å². The van der Waals surface area contributed by atoms with E-state index >= 15 is 0 Å². The number of hydrogen-bond donors (Lipinski definition) is 0. The van der Waals surface area contributed by atoms with Gasteiger partial charge >= 0.3 is 5.97 Å². The average Bonchev–Trinajstić information content (AvgIpc) is 2.71. The van der Waals surface area contributed by atoms with Crippen molar-refractivity contribution in [2.45, 2.75) is 18.9 Å². The Balaban J connectivity index is 1.88. The maximum atomic E-state index is 11.5. The number of carbonyl (C=O) groups excluding carboxylic acids is 1. The quantitative estimate of drug-likeness (QED) is 0.563. The molecule has 2 saturated carbocycles. The van der Waals surface area contributed by atoms with Gasteiger partial charge < -0.3 is 9.47 Å². The Kier molecular flexibility index (Phi) is 1.48. The fourth-order valence-electron chi connectivity index (χ4n) is 3.59. The van der Waals surface area contributed by atoms with E-state index in [1.807, 2.05) is 0 Å². The van der Waals surface area contributed by atoms with Gasteiger partial charge in [0.1, 0.15) is 0 Å². The van der Waals surface area contributed by atoms with Crippen molar-refractivity contribution in [2.24, 2.45) is 23.7 Å². The lowest BCUT2D eigenvalue weighted by Gasteiger charge is -2.23. The highest BCUT2D eigenvalue weighted by Gasteiger charge is 2.59. The Morgan fingerprint density at radius 3 is 3.00 bits per heavy atom. The third-order valence-electron chi connectivity index (χ3n) is 4.08. The molecule has 1 saturated heterocycles. The number of fused-ring (bicyclic) bond motifs is 1. The second kappa shape index (κ2) is 2.47. The molecule has 0 N–H and O–H groups in total. The molecule has 5 atom stereocenters. The predicted octanol–water partition coefficient (Wildman–Crippen LogP) is 0.830. The molecule has 3 aliphatic rings.